The van der Waals surface area contributed by atoms with Crippen molar-refractivity contribution in [3.05, 3.63) is 12.4 Å². The highest BCUT2D eigenvalue weighted by molar-refractivity contribution is 4.87. The molecule has 1 saturated carbocycles. The Hall–Kier alpha value is -0.900. The molecule has 1 aliphatic rings. The molecule has 0 spiro atoms. The quantitative estimate of drug-likeness (QED) is 0.797. The maximum absolute atomic E-state index is 3.97. The van der Waals surface area contributed by atoms with Crippen LogP contribution in [0.3, 0.4) is 0 Å². The normalized spacial score (nSPS) is 23.8. The van der Waals surface area contributed by atoms with E-state index in [0.717, 1.165) is 19.5 Å². The third-order valence-electron chi connectivity index (χ3n) is 3.93. The van der Waals surface area contributed by atoms with E-state index in [0.29, 0.717) is 11.5 Å². The Morgan fingerprint density at radius 2 is 2.29 bits per heavy atom. The highest BCUT2D eigenvalue weighted by Crippen LogP contribution is 2.35. The molecule has 0 aliphatic heterocycles. The van der Waals surface area contributed by atoms with E-state index < -0.39 is 0 Å². The Bertz CT molecular complexity index is 318. The molecule has 1 aromatic heterocycles. The topological polar surface area (TPSA) is 42.7 Å². The van der Waals surface area contributed by atoms with Crippen LogP contribution >= 0.6 is 0 Å². The zero-order chi connectivity index (χ0) is 12.1. The molecule has 17 heavy (non-hydrogen) atoms. The van der Waals surface area contributed by atoms with Gasteiger partial charge >= 0.3 is 0 Å². The second kappa shape index (κ2) is 5.63. The van der Waals surface area contributed by atoms with Crippen molar-refractivity contribution in [3.63, 3.8) is 0 Å². The van der Waals surface area contributed by atoms with E-state index >= 15 is 0 Å². The van der Waals surface area contributed by atoms with E-state index in [1.807, 2.05) is 10.9 Å². The zero-order valence-electron chi connectivity index (χ0n) is 11.0. The lowest BCUT2D eigenvalue weighted by molar-refractivity contribution is 0.167. The Morgan fingerprint density at radius 1 is 1.41 bits per heavy atom. The minimum atomic E-state index is 0.464. The molecule has 1 aliphatic carbocycles. The lowest BCUT2D eigenvalue weighted by Gasteiger charge is -2.39. The first-order valence-electron chi connectivity index (χ1n) is 6.76. The van der Waals surface area contributed by atoms with Gasteiger partial charge in [-0.3, -0.25) is 4.68 Å². The van der Waals surface area contributed by atoms with Gasteiger partial charge in [-0.1, -0.05) is 31.9 Å². The summed E-state index contributed by atoms with van der Waals surface area (Å²) in [5.41, 5.74) is 0.464. The van der Waals surface area contributed by atoms with Gasteiger partial charge in [0.1, 0.15) is 0 Å². The Balaban J connectivity index is 1.67. The van der Waals surface area contributed by atoms with Gasteiger partial charge in [-0.25, -0.2) is 0 Å². The van der Waals surface area contributed by atoms with Crippen molar-refractivity contribution in [1.82, 2.24) is 20.3 Å². The minimum absolute atomic E-state index is 0.464. The van der Waals surface area contributed by atoms with Crippen LogP contribution in [0.5, 0.6) is 0 Å². The molecule has 4 nitrogen and oxygen atoms in total. The molecule has 1 N–H and O–H groups in total. The fourth-order valence-corrected chi connectivity index (χ4v) is 2.74. The number of hydrogen-bond acceptors (Lipinski definition) is 3. The molecule has 2 rings (SSSR count). The third-order valence-corrected chi connectivity index (χ3v) is 3.93. The van der Waals surface area contributed by atoms with Crippen molar-refractivity contribution in [2.24, 2.45) is 5.41 Å². The lowest BCUT2D eigenvalue weighted by Crippen LogP contribution is -2.44. The molecular weight excluding hydrogens is 212 g/mol. The summed E-state index contributed by atoms with van der Waals surface area (Å²) >= 11 is 0. The summed E-state index contributed by atoms with van der Waals surface area (Å²) in [5, 5.41) is 11.5. The maximum atomic E-state index is 3.97. The average Bonchev–Trinajstić information content (AvgIpc) is 2.79. The van der Waals surface area contributed by atoms with Crippen LogP contribution < -0.4 is 5.32 Å². The molecule has 1 unspecified atom stereocenters. The molecule has 0 saturated heterocycles. The highest BCUT2D eigenvalue weighted by Gasteiger charge is 2.31. The molecule has 0 amide bonds. The fraction of sp³-hybridized carbons (Fsp3) is 0.846. The second-order valence-electron chi connectivity index (χ2n) is 5.76. The van der Waals surface area contributed by atoms with E-state index in [1.165, 1.54) is 25.7 Å². The molecule has 1 heterocycles. The number of aromatic nitrogens is 3. The van der Waals surface area contributed by atoms with E-state index in [1.54, 1.807) is 6.20 Å². The van der Waals surface area contributed by atoms with E-state index in [9.17, 15) is 0 Å². The van der Waals surface area contributed by atoms with Crippen molar-refractivity contribution in [2.45, 2.75) is 58.5 Å². The molecule has 1 aromatic rings. The first-order chi connectivity index (χ1) is 8.18. The smallest absolute Gasteiger partial charge is 0.0692 e. The second-order valence-corrected chi connectivity index (χ2v) is 5.76. The summed E-state index contributed by atoms with van der Waals surface area (Å²) in [4.78, 5) is 0. The van der Waals surface area contributed by atoms with Crippen molar-refractivity contribution >= 4 is 0 Å². The summed E-state index contributed by atoms with van der Waals surface area (Å²) in [5.74, 6) is 0. The molecule has 4 heteroatoms. The average molecular weight is 236 g/mol. The molecule has 1 fully saturated rings. The van der Waals surface area contributed by atoms with Crippen LogP contribution in [0.25, 0.3) is 0 Å². The minimum Gasteiger partial charge on any atom is -0.313 e. The predicted molar refractivity (Wildman–Crippen MR) is 68.7 cm³/mol. The molecule has 0 radical (unpaired) electrons. The molecule has 96 valence electrons. The number of aryl methyl sites for hydroxylation is 1. The Kier molecular flexibility index (Phi) is 4.15. The molecule has 0 bridgehead atoms. The van der Waals surface area contributed by atoms with E-state index in [-0.39, 0.29) is 0 Å². The summed E-state index contributed by atoms with van der Waals surface area (Å²) in [6, 6.07) is 0.687. The van der Waals surface area contributed by atoms with Gasteiger partial charge in [-0.05, 0) is 31.2 Å². The number of hydrogen-bond donors (Lipinski definition) is 1. The van der Waals surface area contributed by atoms with Gasteiger partial charge in [0.15, 0.2) is 0 Å². The van der Waals surface area contributed by atoms with Crippen molar-refractivity contribution in [2.75, 3.05) is 6.54 Å². The highest BCUT2D eigenvalue weighted by atomic mass is 15.4. The lowest BCUT2D eigenvalue weighted by atomic mass is 9.73. The van der Waals surface area contributed by atoms with Crippen molar-refractivity contribution in [1.29, 1.82) is 0 Å². The number of rotatable bonds is 5. The Morgan fingerprint density at radius 3 is 3.00 bits per heavy atom. The van der Waals surface area contributed by atoms with Gasteiger partial charge in [0, 0.05) is 18.8 Å². The van der Waals surface area contributed by atoms with Crippen LogP contribution in [-0.2, 0) is 6.54 Å². The van der Waals surface area contributed by atoms with Crippen LogP contribution in [0.2, 0.25) is 0 Å². The largest absolute Gasteiger partial charge is 0.313 e. The van der Waals surface area contributed by atoms with Crippen molar-refractivity contribution < 1.29 is 0 Å². The van der Waals surface area contributed by atoms with Crippen LogP contribution in [0.4, 0.5) is 0 Å². The molecule has 0 aromatic carbocycles. The fourth-order valence-electron chi connectivity index (χ4n) is 2.74. The van der Waals surface area contributed by atoms with Gasteiger partial charge in [-0.2, -0.15) is 0 Å². The first kappa shape index (κ1) is 12.6. The molecular formula is C13H24N4. The standard InChI is InChI=1S/C13H24N4/c1-13(2)7-4-3-6-12(13)14-8-5-10-17-11-9-15-16-17/h9,11-12,14H,3-8,10H2,1-2H3. The Labute approximate surface area is 104 Å². The van der Waals surface area contributed by atoms with E-state index in [4.69, 9.17) is 0 Å². The van der Waals surface area contributed by atoms with Crippen LogP contribution in [-0.4, -0.2) is 27.6 Å². The third kappa shape index (κ3) is 3.53. The van der Waals surface area contributed by atoms with E-state index in [2.05, 4.69) is 29.5 Å². The van der Waals surface area contributed by atoms with Gasteiger partial charge in [-0.15, -0.1) is 5.10 Å². The van der Waals surface area contributed by atoms with Gasteiger partial charge in [0.05, 0.1) is 6.20 Å². The van der Waals surface area contributed by atoms with Gasteiger partial charge < -0.3 is 5.32 Å². The molecule has 1 atom stereocenters. The number of nitrogens with zero attached hydrogens (tertiary/aromatic N) is 3. The number of nitrogens with one attached hydrogen (secondary N) is 1. The SMILES string of the molecule is CC1(C)CCCCC1NCCCn1ccnn1. The zero-order valence-corrected chi connectivity index (χ0v) is 11.0. The van der Waals surface area contributed by atoms with Gasteiger partial charge in [0.25, 0.3) is 0 Å². The van der Waals surface area contributed by atoms with Gasteiger partial charge in [0.2, 0.25) is 0 Å². The predicted octanol–water partition coefficient (Wildman–Crippen LogP) is 2.23. The summed E-state index contributed by atoms with van der Waals surface area (Å²) in [7, 11) is 0. The summed E-state index contributed by atoms with van der Waals surface area (Å²) < 4.78 is 1.90. The van der Waals surface area contributed by atoms with Crippen LogP contribution in [0.15, 0.2) is 12.4 Å². The maximum Gasteiger partial charge on any atom is 0.0692 e. The monoisotopic (exact) mass is 236 g/mol. The summed E-state index contributed by atoms with van der Waals surface area (Å²) in [6.07, 6.45) is 10.2. The van der Waals surface area contributed by atoms with Crippen LogP contribution in [0.1, 0.15) is 46.0 Å². The van der Waals surface area contributed by atoms with Crippen LogP contribution in [0, 0.1) is 5.41 Å². The van der Waals surface area contributed by atoms with Crippen molar-refractivity contribution in [3.8, 4) is 0 Å². The first-order valence-corrected chi connectivity index (χ1v) is 6.76. The summed E-state index contributed by atoms with van der Waals surface area (Å²) in [6.45, 7) is 6.82.